The second kappa shape index (κ2) is 4.69. The Balaban J connectivity index is 3.14. The predicted molar refractivity (Wildman–Crippen MR) is 60.8 cm³/mol. The zero-order valence-corrected chi connectivity index (χ0v) is 9.40. The molecule has 1 rings (SSSR count). The second-order valence-electron chi connectivity index (χ2n) is 3.48. The van der Waals surface area contributed by atoms with Crippen molar-refractivity contribution in [1.29, 1.82) is 0 Å². The van der Waals surface area contributed by atoms with Gasteiger partial charge in [0.2, 0.25) is 5.91 Å². The number of hydrogen-bond donors (Lipinski definition) is 4. The van der Waals surface area contributed by atoms with Gasteiger partial charge in [-0.3, -0.25) is 4.79 Å². The number of carbonyl (C=O) groups is 1. The maximum Gasteiger partial charge on any atom is 0.249 e. The van der Waals surface area contributed by atoms with Crippen LogP contribution in [0.5, 0.6) is 0 Å². The first kappa shape index (κ1) is 12.8. The lowest BCUT2D eigenvalue weighted by Gasteiger charge is -2.18. The minimum Gasteiger partial charge on any atom is -0.398 e. The van der Waals surface area contributed by atoms with Crippen LogP contribution in [0.3, 0.4) is 0 Å². The fourth-order valence-corrected chi connectivity index (χ4v) is 1.56. The maximum atomic E-state index is 10.7. The number of aliphatic hydroxyl groups excluding tert-OH is 2. The minimum absolute atomic E-state index is 0.216. The van der Waals surface area contributed by atoms with Gasteiger partial charge in [-0.2, -0.15) is 0 Å². The lowest BCUT2D eigenvalue weighted by Crippen LogP contribution is -2.34. The summed E-state index contributed by atoms with van der Waals surface area (Å²) in [5.41, 5.74) is 11.7. The highest BCUT2D eigenvalue weighted by Gasteiger charge is 2.26. The Kier molecular flexibility index (Phi) is 3.74. The third-order valence-corrected chi connectivity index (χ3v) is 2.87. The van der Waals surface area contributed by atoms with Gasteiger partial charge in [0.15, 0.2) is 6.10 Å². The number of aliphatic hydroxyl groups is 2. The van der Waals surface area contributed by atoms with Crippen molar-refractivity contribution in [3.63, 3.8) is 0 Å². The Bertz CT molecular complexity index is 423. The number of halogens is 1. The van der Waals surface area contributed by atoms with Gasteiger partial charge in [-0.1, -0.05) is 17.7 Å². The van der Waals surface area contributed by atoms with Crippen LogP contribution in [0.25, 0.3) is 0 Å². The Morgan fingerprint density at radius 2 is 2.00 bits per heavy atom. The highest BCUT2D eigenvalue weighted by atomic mass is 35.5. The summed E-state index contributed by atoms with van der Waals surface area (Å²) in [4.78, 5) is 10.7. The molecule has 6 heteroatoms. The van der Waals surface area contributed by atoms with Gasteiger partial charge in [-0.15, -0.1) is 0 Å². The normalized spacial score (nSPS) is 14.5. The molecule has 0 aliphatic carbocycles. The van der Waals surface area contributed by atoms with Crippen LogP contribution in [-0.2, 0) is 4.79 Å². The van der Waals surface area contributed by atoms with Crippen LogP contribution in [0.15, 0.2) is 12.1 Å². The lowest BCUT2D eigenvalue weighted by atomic mass is 10.0. The summed E-state index contributed by atoms with van der Waals surface area (Å²) < 4.78 is 0. The Morgan fingerprint density at radius 1 is 1.44 bits per heavy atom. The molecule has 0 radical (unpaired) electrons. The molecule has 16 heavy (non-hydrogen) atoms. The van der Waals surface area contributed by atoms with E-state index in [2.05, 4.69) is 0 Å². The van der Waals surface area contributed by atoms with Crippen LogP contribution in [-0.4, -0.2) is 22.2 Å². The van der Waals surface area contributed by atoms with Crippen molar-refractivity contribution in [3.8, 4) is 0 Å². The Morgan fingerprint density at radius 3 is 2.50 bits per heavy atom. The van der Waals surface area contributed by atoms with Crippen LogP contribution in [0, 0.1) is 6.92 Å². The first-order valence-electron chi connectivity index (χ1n) is 4.56. The summed E-state index contributed by atoms with van der Waals surface area (Å²) in [7, 11) is 0. The average molecular weight is 245 g/mol. The number of hydrogen-bond acceptors (Lipinski definition) is 4. The van der Waals surface area contributed by atoms with E-state index in [4.69, 9.17) is 23.1 Å². The number of nitrogens with two attached hydrogens (primary N) is 2. The molecule has 0 aliphatic rings. The third kappa shape index (κ3) is 2.27. The van der Waals surface area contributed by atoms with Crippen molar-refractivity contribution in [2.24, 2.45) is 5.73 Å². The van der Waals surface area contributed by atoms with Gasteiger partial charge in [-0.05, 0) is 18.6 Å². The predicted octanol–water partition coefficient (Wildman–Crippen LogP) is 0.110. The van der Waals surface area contributed by atoms with Crippen molar-refractivity contribution in [2.45, 2.75) is 19.1 Å². The van der Waals surface area contributed by atoms with E-state index in [1.165, 1.54) is 12.1 Å². The molecule has 2 atom stereocenters. The quantitative estimate of drug-likeness (QED) is 0.566. The molecule has 0 heterocycles. The van der Waals surface area contributed by atoms with Gasteiger partial charge >= 0.3 is 0 Å². The molecular weight excluding hydrogens is 232 g/mol. The van der Waals surface area contributed by atoms with E-state index in [-0.39, 0.29) is 10.6 Å². The number of carbonyl (C=O) groups excluding carboxylic acids is 1. The van der Waals surface area contributed by atoms with Gasteiger partial charge < -0.3 is 21.7 Å². The van der Waals surface area contributed by atoms with Gasteiger partial charge in [0.25, 0.3) is 0 Å². The number of primary amides is 1. The number of benzene rings is 1. The van der Waals surface area contributed by atoms with Gasteiger partial charge in [0.1, 0.15) is 6.10 Å². The molecule has 0 spiro atoms. The summed E-state index contributed by atoms with van der Waals surface area (Å²) in [6, 6.07) is 2.98. The molecule has 0 saturated carbocycles. The van der Waals surface area contributed by atoms with Crippen molar-refractivity contribution in [1.82, 2.24) is 0 Å². The largest absolute Gasteiger partial charge is 0.398 e. The third-order valence-electron chi connectivity index (χ3n) is 2.37. The monoisotopic (exact) mass is 244 g/mol. The molecule has 6 N–H and O–H groups in total. The summed E-state index contributed by atoms with van der Waals surface area (Å²) in [5.74, 6) is -1.02. The molecule has 0 saturated heterocycles. The number of anilines is 1. The molecular formula is C10H13ClN2O3. The summed E-state index contributed by atoms with van der Waals surface area (Å²) >= 11 is 5.94. The smallest absolute Gasteiger partial charge is 0.249 e. The van der Waals surface area contributed by atoms with Gasteiger partial charge in [0.05, 0.1) is 5.02 Å². The number of amides is 1. The molecule has 2 unspecified atom stereocenters. The molecule has 0 fully saturated rings. The molecule has 88 valence electrons. The van der Waals surface area contributed by atoms with Crippen molar-refractivity contribution >= 4 is 23.2 Å². The molecule has 5 nitrogen and oxygen atoms in total. The second-order valence-corrected chi connectivity index (χ2v) is 3.85. The summed E-state index contributed by atoms with van der Waals surface area (Å²) in [6.45, 7) is 1.67. The number of nitrogen functional groups attached to an aromatic ring is 1. The molecule has 0 aromatic heterocycles. The Labute approximate surface area is 97.6 Å². The molecule has 1 amide bonds. The van der Waals surface area contributed by atoms with Crippen molar-refractivity contribution in [2.75, 3.05) is 5.73 Å². The maximum absolute atomic E-state index is 10.7. The van der Waals surface area contributed by atoms with Crippen LogP contribution < -0.4 is 11.5 Å². The van der Waals surface area contributed by atoms with E-state index in [1.807, 2.05) is 0 Å². The van der Waals surface area contributed by atoms with E-state index < -0.39 is 18.1 Å². The van der Waals surface area contributed by atoms with Crippen LogP contribution >= 0.6 is 11.6 Å². The fourth-order valence-electron chi connectivity index (χ4n) is 1.28. The zero-order chi connectivity index (χ0) is 12.5. The SMILES string of the molecule is Cc1c(N)ccc(C(O)C(O)C(N)=O)c1Cl. The van der Waals surface area contributed by atoms with Gasteiger partial charge in [-0.25, -0.2) is 0 Å². The summed E-state index contributed by atoms with van der Waals surface area (Å²) in [5, 5.41) is 19.2. The minimum atomic E-state index is -1.69. The highest BCUT2D eigenvalue weighted by molar-refractivity contribution is 6.32. The molecule has 0 aliphatic heterocycles. The highest BCUT2D eigenvalue weighted by Crippen LogP contribution is 2.31. The average Bonchev–Trinajstić information content (AvgIpc) is 2.24. The van der Waals surface area contributed by atoms with E-state index in [0.717, 1.165) is 0 Å². The zero-order valence-electron chi connectivity index (χ0n) is 8.64. The lowest BCUT2D eigenvalue weighted by molar-refractivity contribution is -0.131. The number of rotatable bonds is 3. The van der Waals surface area contributed by atoms with Crippen molar-refractivity contribution < 1.29 is 15.0 Å². The van der Waals surface area contributed by atoms with Crippen LogP contribution in [0.1, 0.15) is 17.2 Å². The summed E-state index contributed by atoms with van der Waals surface area (Å²) in [6.07, 6.45) is -3.15. The van der Waals surface area contributed by atoms with E-state index in [9.17, 15) is 15.0 Å². The molecule has 0 bridgehead atoms. The first-order valence-corrected chi connectivity index (χ1v) is 4.94. The first-order chi connectivity index (χ1) is 7.36. The van der Waals surface area contributed by atoms with E-state index in [1.54, 1.807) is 6.92 Å². The van der Waals surface area contributed by atoms with E-state index >= 15 is 0 Å². The molecule has 1 aromatic rings. The standard InChI is InChI=1S/C10H13ClN2O3/c1-4-6(12)3-2-5(7(4)11)8(14)9(15)10(13)16/h2-3,8-9,14-15H,12H2,1H3,(H2,13,16). The van der Waals surface area contributed by atoms with Gasteiger partial charge in [0, 0.05) is 11.3 Å². The topological polar surface area (TPSA) is 110 Å². The fraction of sp³-hybridized carbons (Fsp3) is 0.300. The van der Waals surface area contributed by atoms with Crippen LogP contribution in [0.2, 0.25) is 5.02 Å². The molecule has 1 aromatic carbocycles. The Hall–Kier alpha value is -1.30. The van der Waals surface area contributed by atoms with Crippen molar-refractivity contribution in [3.05, 3.63) is 28.3 Å². The van der Waals surface area contributed by atoms with Crippen LogP contribution in [0.4, 0.5) is 5.69 Å². The van der Waals surface area contributed by atoms with E-state index in [0.29, 0.717) is 11.3 Å².